The fourth-order valence-electron chi connectivity index (χ4n) is 4.46. The van der Waals surface area contributed by atoms with E-state index in [0.717, 1.165) is 21.8 Å². The summed E-state index contributed by atoms with van der Waals surface area (Å²) >= 11 is 1.68. The van der Waals surface area contributed by atoms with Crippen molar-refractivity contribution in [1.29, 1.82) is 5.26 Å². The van der Waals surface area contributed by atoms with Gasteiger partial charge >= 0.3 is 0 Å². The molecule has 2 heterocycles. The van der Waals surface area contributed by atoms with Crippen molar-refractivity contribution in [1.82, 2.24) is 5.32 Å². The Bertz CT molecular complexity index is 936. The molecular formula is C21H23N3S. The molecule has 2 aliphatic rings. The smallest absolute Gasteiger partial charge is 0.101 e. The fourth-order valence-corrected chi connectivity index (χ4v) is 5.52. The van der Waals surface area contributed by atoms with Gasteiger partial charge in [0.2, 0.25) is 0 Å². The molecule has 1 aliphatic carbocycles. The van der Waals surface area contributed by atoms with Crippen LogP contribution in [0.2, 0.25) is 0 Å². The Kier molecular flexibility index (Phi) is 4.05. The van der Waals surface area contributed by atoms with Crippen LogP contribution in [0.5, 0.6) is 0 Å². The Hall–Kier alpha value is -2.25. The van der Waals surface area contributed by atoms with Crippen LogP contribution in [-0.2, 0) is 0 Å². The van der Waals surface area contributed by atoms with Crippen LogP contribution in [0.4, 0.5) is 0 Å². The molecule has 1 fully saturated rings. The Morgan fingerprint density at radius 3 is 2.72 bits per heavy atom. The van der Waals surface area contributed by atoms with E-state index in [9.17, 15) is 5.26 Å². The Labute approximate surface area is 152 Å². The monoisotopic (exact) mass is 349 g/mol. The number of nitriles is 1. The molecule has 0 saturated heterocycles. The number of fused-ring (bicyclic) bond motifs is 1. The molecule has 0 bridgehead atoms. The van der Waals surface area contributed by atoms with Crippen LogP contribution in [0.1, 0.15) is 56.6 Å². The van der Waals surface area contributed by atoms with Crippen LogP contribution in [-0.4, -0.2) is 0 Å². The molecular weight excluding hydrogens is 326 g/mol. The highest BCUT2D eigenvalue weighted by Gasteiger charge is 2.34. The molecule has 4 rings (SSSR count). The predicted molar refractivity (Wildman–Crippen MR) is 104 cm³/mol. The minimum atomic E-state index is 0.229. The minimum Gasteiger partial charge on any atom is -0.385 e. The molecule has 4 heteroatoms. The van der Waals surface area contributed by atoms with Gasteiger partial charge < -0.3 is 11.1 Å². The van der Waals surface area contributed by atoms with Crippen molar-refractivity contribution in [2.45, 2.75) is 45.4 Å². The molecule has 3 nitrogen and oxygen atoms in total. The molecule has 1 saturated carbocycles. The standard InChI is InChI=1S/C21H23N3S/c1-12-13(2)24-21(23)19(14-6-3-4-7-14)18(12)17-11-25-20-15(10-22)8-5-9-16(17)20/h5,8-9,11,14,18,24H,3-4,6-7,23H2,1-2H3. The second kappa shape index (κ2) is 6.24. The highest BCUT2D eigenvalue weighted by atomic mass is 32.1. The van der Waals surface area contributed by atoms with Gasteiger partial charge in [-0.1, -0.05) is 25.0 Å². The second-order valence-corrected chi connectivity index (χ2v) is 8.08. The van der Waals surface area contributed by atoms with Crippen molar-refractivity contribution in [3.63, 3.8) is 0 Å². The van der Waals surface area contributed by atoms with Gasteiger partial charge in [-0.15, -0.1) is 11.3 Å². The van der Waals surface area contributed by atoms with Crippen molar-refractivity contribution in [2.24, 2.45) is 11.7 Å². The average Bonchev–Trinajstić information content (AvgIpc) is 3.27. The van der Waals surface area contributed by atoms with E-state index in [-0.39, 0.29) is 5.92 Å². The van der Waals surface area contributed by atoms with Crippen molar-refractivity contribution < 1.29 is 0 Å². The number of nitrogens with one attached hydrogen (secondary N) is 1. The summed E-state index contributed by atoms with van der Waals surface area (Å²) in [6.45, 7) is 4.32. The van der Waals surface area contributed by atoms with Crippen molar-refractivity contribution in [2.75, 3.05) is 0 Å². The molecule has 1 aromatic carbocycles. The molecule has 128 valence electrons. The zero-order valence-electron chi connectivity index (χ0n) is 14.7. The number of nitrogens with two attached hydrogens (primary N) is 1. The maximum absolute atomic E-state index is 9.42. The quantitative estimate of drug-likeness (QED) is 0.791. The highest BCUT2D eigenvalue weighted by Crippen LogP contribution is 2.48. The summed E-state index contributed by atoms with van der Waals surface area (Å²) in [7, 11) is 0. The van der Waals surface area contributed by atoms with Crippen LogP contribution in [0, 0.1) is 17.2 Å². The number of benzene rings is 1. The Balaban J connectivity index is 1.91. The molecule has 0 spiro atoms. The summed E-state index contributed by atoms with van der Waals surface area (Å²) in [6, 6.07) is 8.37. The van der Waals surface area contributed by atoms with E-state index in [2.05, 4.69) is 36.7 Å². The molecule has 3 N–H and O–H groups in total. The summed E-state index contributed by atoms with van der Waals surface area (Å²) < 4.78 is 1.09. The van der Waals surface area contributed by atoms with Crippen LogP contribution in [0.25, 0.3) is 10.1 Å². The normalized spacial score (nSPS) is 21.7. The minimum absolute atomic E-state index is 0.229. The zero-order valence-corrected chi connectivity index (χ0v) is 15.5. The Morgan fingerprint density at radius 2 is 2.00 bits per heavy atom. The van der Waals surface area contributed by atoms with Gasteiger partial charge in [0, 0.05) is 11.6 Å². The van der Waals surface area contributed by atoms with Crippen LogP contribution in [0.3, 0.4) is 0 Å². The molecule has 1 atom stereocenters. The first kappa shape index (κ1) is 16.2. The fraction of sp³-hybridized carbons (Fsp3) is 0.381. The first-order valence-electron chi connectivity index (χ1n) is 8.96. The van der Waals surface area contributed by atoms with Crippen LogP contribution >= 0.6 is 11.3 Å². The van der Waals surface area contributed by atoms with E-state index in [4.69, 9.17) is 5.73 Å². The SMILES string of the molecule is CC1=C(C)C(c2csc3c(C#N)cccc23)C(C2CCCC2)=C(N)N1. The number of rotatable bonds is 2. The highest BCUT2D eigenvalue weighted by molar-refractivity contribution is 7.17. The van der Waals surface area contributed by atoms with Gasteiger partial charge in [-0.25, -0.2) is 0 Å². The number of thiophene rings is 1. The largest absolute Gasteiger partial charge is 0.385 e. The molecule has 2 aromatic rings. The molecule has 0 amide bonds. The lowest BCUT2D eigenvalue weighted by atomic mass is 9.76. The lowest BCUT2D eigenvalue weighted by molar-refractivity contribution is 0.569. The maximum Gasteiger partial charge on any atom is 0.101 e. The van der Waals surface area contributed by atoms with Crippen LogP contribution < -0.4 is 11.1 Å². The lowest BCUT2D eigenvalue weighted by Crippen LogP contribution is -2.31. The van der Waals surface area contributed by atoms with Gasteiger partial charge in [-0.2, -0.15) is 5.26 Å². The predicted octanol–water partition coefficient (Wildman–Crippen LogP) is 5.11. The maximum atomic E-state index is 9.42. The van der Waals surface area contributed by atoms with E-state index >= 15 is 0 Å². The van der Waals surface area contributed by atoms with E-state index in [0.29, 0.717) is 5.92 Å². The van der Waals surface area contributed by atoms with E-state index in [1.165, 1.54) is 47.8 Å². The van der Waals surface area contributed by atoms with Gasteiger partial charge in [0.1, 0.15) is 11.9 Å². The summed E-state index contributed by atoms with van der Waals surface area (Å²) in [4.78, 5) is 0. The summed E-state index contributed by atoms with van der Waals surface area (Å²) in [5, 5.41) is 16.3. The lowest BCUT2D eigenvalue weighted by Gasteiger charge is -2.33. The molecule has 0 radical (unpaired) electrons. The third-order valence-corrected chi connectivity index (χ3v) is 6.87. The van der Waals surface area contributed by atoms with Crippen molar-refractivity contribution in [3.8, 4) is 6.07 Å². The van der Waals surface area contributed by atoms with Gasteiger partial charge in [-0.3, -0.25) is 0 Å². The van der Waals surface area contributed by atoms with E-state index in [1.54, 1.807) is 11.3 Å². The van der Waals surface area contributed by atoms with Crippen molar-refractivity contribution >= 4 is 21.4 Å². The first-order valence-corrected chi connectivity index (χ1v) is 9.84. The topological polar surface area (TPSA) is 61.8 Å². The van der Waals surface area contributed by atoms with Gasteiger partial charge in [0.15, 0.2) is 0 Å². The van der Waals surface area contributed by atoms with Crippen LogP contribution in [0.15, 0.2) is 46.2 Å². The molecule has 1 aliphatic heterocycles. The second-order valence-electron chi connectivity index (χ2n) is 7.20. The number of nitrogens with zero attached hydrogens (tertiary/aromatic N) is 1. The average molecular weight is 350 g/mol. The number of dihydropyridines is 1. The Morgan fingerprint density at radius 1 is 1.24 bits per heavy atom. The summed E-state index contributed by atoms with van der Waals surface area (Å²) in [5.74, 6) is 1.64. The summed E-state index contributed by atoms with van der Waals surface area (Å²) in [6.07, 6.45) is 5.04. The van der Waals surface area contributed by atoms with Gasteiger partial charge in [0.25, 0.3) is 0 Å². The third-order valence-electron chi connectivity index (χ3n) is 5.82. The van der Waals surface area contributed by atoms with Crippen molar-refractivity contribution in [3.05, 3.63) is 57.4 Å². The van der Waals surface area contributed by atoms with E-state index < -0.39 is 0 Å². The van der Waals surface area contributed by atoms with Gasteiger partial charge in [0.05, 0.1) is 10.3 Å². The number of allylic oxidation sites excluding steroid dienone is 3. The summed E-state index contributed by atoms with van der Waals surface area (Å²) in [5.41, 5.74) is 12.4. The zero-order chi connectivity index (χ0) is 17.6. The first-order chi connectivity index (χ1) is 12.1. The molecule has 1 unspecified atom stereocenters. The molecule has 1 aromatic heterocycles. The third kappa shape index (κ3) is 2.54. The molecule has 25 heavy (non-hydrogen) atoms. The number of hydrogen-bond acceptors (Lipinski definition) is 4. The number of hydrogen-bond donors (Lipinski definition) is 2. The van der Waals surface area contributed by atoms with E-state index in [1.807, 2.05) is 12.1 Å². The van der Waals surface area contributed by atoms with Gasteiger partial charge in [-0.05, 0) is 66.1 Å².